The smallest absolute Gasteiger partial charge is 0.265 e. The number of aliphatic imine (C=N–C) groups is 1. The van der Waals surface area contributed by atoms with Crippen LogP contribution in [0.2, 0.25) is 5.02 Å². The summed E-state index contributed by atoms with van der Waals surface area (Å²) in [7, 11) is 0. The highest BCUT2D eigenvalue weighted by Gasteiger charge is 2.30. The molecule has 2 heterocycles. The highest BCUT2D eigenvalue weighted by atomic mass is 35.5. The summed E-state index contributed by atoms with van der Waals surface area (Å²) in [6.07, 6.45) is 1.44. The first kappa shape index (κ1) is 17.4. The Kier molecular flexibility index (Phi) is 4.03. The van der Waals surface area contributed by atoms with Crippen LogP contribution in [0.15, 0.2) is 87.0 Å². The van der Waals surface area contributed by atoms with Crippen molar-refractivity contribution >= 4 is 52.0 Å². The van der Waals surface area contributed by atoms with E-state index in [4.69, 9.17) is 16.0 Å². The second-order valence-corrected chi connectivity index (χ2v) is 6.98. The maximum Gasteiger partial charge on any atom is 0.265 e. The van der Waals surface area contributed by atoms with Gasteiger partial charge in [-0.1, -0.05) is 41.9 Å². The Morgan fingerprint density at radius 2 is 1.72 bits per heavy atom. The van der Waals surface area contributed by atoms with Crippen molar-refractivity contribution in [3.63, 3.8) is 0 Å². The molecule has 1 aliphatic rings. The van der Waals surface area contributed by atoms with Crippen molar-refractivity contribution in [1.82, 2.24) is 0 Å². The molecule has 29 heavy (non-hydrogen) atoms. The fourth-order valence-corrected chi connectivity index (χ4v) is 3.54. The van der Waals surface area contributed by atoms with Gasteiger partial charge in [-0.15, -0.1) is 0 Å². The standard InChI is InChI=1S/C23H13ClN2O3/c24-15-10-11-20-16(12-15)21(27)17-13-25-18-8-4-5-9-19(18)26(23(17)29-20)22(28)14-6-2-1-3-7-14/h1-13H. The normalized spacial score (nSPS) is 12.4. The van der Waals surface area contributed by atoms with E-state index < -0.39 is 0 Å². The number of halogens is 1. The quantitative estimate of drug-likeness (QED) is 0.424. The number of hydrogen-bond acceptors (Lipinski definition) is 4. The summed E-state index contributed by atoms with van der Waals surface area (Å²) in [5.41, 5.74) is 1.80. The molecular formula is C23H13ClN2O3. The number of carbonyl (C=O) groups excluding carboxylic acids is 1. The number of benzene rings is 3. The molecule has 0 radical (unpaired) electrons. The predicted octanol–water partition coefficient (Wildman–Crippen LogP) is 5.49. The number of nitrogens with zero attached hydrogens (tertiary/aromatic N) is 2. The number of fused-ring (bicyclic) bond motifs is 3. The van der Waals surface area contributed by atoms with Crippen molar-refractivity contribution in [1.29, 1.82) is 0 Å². The van der Waals surface area contributed by atoms with E-state index >= 15 is 0 Å². The average molecular weight is 401 g/mol. The van der Waals surface area contributed by atoms with Crippen molar-refractivity contribution in [2.75, 3.05) is 4.90 Å². The molecule has 0 spiro atoms. The summed E-state index contributed by atoms with van der Waals surface area (Å²) < 4.78 is 6.07. The van der Waals surface area contributed by atoms with E-state index in [-0.39, 0.29) is 22.8 Å². The van der Waals surface area contributed by atoms with Crippen molar-refractivity contribution in [2.24, 2.45) is 4.99 Å². The van der Waals surface area contributed by atoms with Gasteiger partial charge >= 0.3 is 0 Å². The van der Waals surface area contributed by atoms with Gasteiger partial charge in [0.15, 0.2) is 0 Å². The average Bonchev–Trinajstić information content (AvgIpc) is 2.91. The minimum atomic E-state index is -0.318. The zero-order valence-electron chi connectivity index (χ0n) is 15.0. The number of rotatable bonds is 1. The summed E-state index contributed by atoms with van der Waals surface area (Å²) in [5, 5.41) is 0.761. The van der Waals surface area contributed by atoms with E-state index in [0.717, 1.165) is 0 Å². The van der Waals surface area contributed by atoms with Gasteiger partial charge in [0.25, 0.3) is 5.91 Å². The third-order valence-corrected chi connectivity index (χ3v) is 4.99. The fraction of sp³-hybridized carbons (Fsp3) is 0. The first-order valence-electron chi connectivity index (χ1n) is 8.92. The van der Waals surface area contributed by atoms with Crippen LogP contribution in [0, 0.1) is 0 Å². The van der Waals surface area contributed by atoms with Gasteiger partial charge < -0.3 is 4.42 Å². The van der Waals surface area contributed by atoms with Crippen LogP contribution in [-0.4, -0.2) is 12.1 Å². The maximum atomic E-state index is 13.5. The maximum absolute atomic E-state index is 13.5. The van der Waals surface area contributed by atoms with Crippen molar-refractivity contribution in [3.8, 4) is 0 Å². The first-order valence-corrected chi connectivity index (χ1v) is 9.30. The van der Waals surface area contributed by atoms with Gasteiger partial charge in [-0.3, -0.25) is 14.6 Å². The SMILES string of the molecule is O=C(c1ccccc1)N1c2ccccc2N=Cc2c1oc1ccc(Cl)cc1c2=O. The van der Waals surface area contributed by atoms with Gasteiger partial charge in [-0.25, -0.2) is 4.90 Å². The number of para-hydroxylation sites is 2. The Hall–Kier alpha value is -3.70. The molecule has 6 heteroatoms. The molecule has 0 saturated heterocycles. The zero-order chi connectivity index (χ0) is 20.0. The lowest BCUT2D eigenvalue weighted by atomic mass is 10.1. The Morgan fingerprint density at radius 3 is 2.55 bits per heavy atom. The van der Waals surface area contributed by atoms with E-state index in [1.165, 1.54) is 11.1 Å². The molecule has 1 amide bonds. The van der Waals surface area contributed by atoms with Crippen molar-refractivity contribution in [2.45, 2.75) is 0 Å². The van der Waals surface area contributed by atoms with Crippen LogP contribution in [0.3, 0.4) is 0 Å². The Morgan fingerprint density at radius 1 is 0.966 bits per heavy atom. The number of carbonyl (C=O) groups is 1. The summed E-state index contributed by atoms with van der Waals surface area (Å²) >= 11 is 6.06. The molecule has 1 aliphatic heterocycles. The van der Waals surface area contributed by atoms with E-state index in [9.17, 15) is 9.59 Å². The second-order valence-electron chi connectivity index (χ2n) is 6.54. The largest absolute Gasteiger partial charge is 0.439 e. The van der Waals surface area contributed by atoms with Gasteiger partial charge in [0.2, 0.25) is 11.3 Å². The van der Waals surface area contributed by atoms with Crippen LogP contribution < -0.4 is 10.3 Å². The summed E-state index contributed by atoms with van der Waals surface area (Å²) in [6, 6.07) is 20.8. The second kappa shape index (κ2) is 6.72. The van der Waals surface area contributed by atoms with Gasteiger partial charge in [-0.05, 0) is 42.5 Å². The first-order chi connectivity index (χ1) is 14.1. The van der Waals surface area contributed by atoms with Gasteiger partial charge in [0.05, 0.1) is 16.8 Å². The minimum absolute atomic E-state index is 0.132. The molecule has 0 bridgehead atoms. The molecule has 4 aromatic rings. The Balaban J connectivity index is 1.84. The molecule has 0 unspecified atom stereocenters. The summed E-state index contributed by atoms with van der Waals surface area (Å²) in [4.78, 5) is 32.5. The number of hydrogen-bond donors (Lipinski definition) is 0. The molecule has 0 atom stereocenters. The van der Waals surface area contributed by atoms with Crippen LogP contribution in [0.1, 0.15) is 15.9 Å². The van der Waals surface area contributed by atoms with Crippen LogP contribution in [0.4, 0.5) is 17.3 Å². The molecule has 140 valence electrons. The monoisotopic (exact) mass is 400 g/mol. The van der Waals surface area contributed by atoms with Crippen molar-refractivity contribution < 1.29 is 9.21 Å². The van der Waals surface area contributed by atoms with Crippen LogP contribution in [-0.2, 0) is 0 Å². The molecule has 5 nitrogen and oxygen atoms in total. The third-order valence-electron chi connectivity index (χ3n) is 4.75. The van der Waals surface area contributed by atoms with Gasteiger partial charge in [-0.2, -0.15) is 0 Å². The Bertz CT molecular complexity index is 1360. The third kappa shape index (κ3) is 2.83. The molecule has 0 saturated carbocycles. The lowest BCUT2D eigenvalue weighted by molar-refractivity contribution is 0.0996. The topological polar surface area (TPSA) is 62.9 Å². The van der Waals surface area contributed by atoms with Gasteiger partial charge in [0, 0.05) is 16.8 Å². The molecule has 5 rings (SSSR count). The zero-order valence-corrected chi connectivity index (χ0v) is 15.8. The highest BCUT2D eigenvalue weighted by Crippen LogP contribution is 2.39. The molecule has 0 aliphatic carbocycles. The van der Waals surface area contributed by atoms with E-state index in [2.05, 4.69) is 4.99 Å². The van der Waals surface area contributed by atoms with Crippen LogP contribution >= 0.6 is 11.6 Å². The van der Waals surface area contributed by atoms with E-state index in [1.807, 2.05) is 18.2 Å². The summed E-state index contributed by atoms with van der Waals surface area (Å²) in [5.74, 6) is -0.186. The number of amides is 1. The predicted molar refractivity (Wildman–Crippen MR) is 114 cm³/mol. The molecule has 1 aromatic heterocycles. The number of anilines is 2. The minimum Gasteiger partial charge on any atom is -0.439 e. The highest BCUT2D eigenvalue weighted by molar-refractivity contribution is 6.31. The van der Waals surface area contributed by atoms with Crippen molar-refractivity contribution in [3.05, 3.63) is 99.2 Å². The van der Waals surface area contributed by atoms with E-state index in [1.54, 1.807) is 54.6 Å². The summed E-state index contributed by atoms with van der Waals surface area (Å²) in [6.45, 7) is 0. The Labute approximate surface area is 170 Å². The van der Waals surface area contributed by atoms with E-state index in [0.29, 0.717) is 32.9 Å². The molecule has 3 aromatic carbocycles. The molecular weight excluding hydrogens is 388 g/mol. The molecule has 0 N–H and O–H groups in total. The van der Waals surface area contributed by atoms with Crippen LogP contribution in [0.25, 0.3) is 11.0 Å². The molecule has 0 fully saturated rings. The van der Waals surface area contributed by atoms with Crippen LogP contribution in [0.5, 0.6) is 0 Å². The van der Waals surface area contributed by atoms with Gasteiger partial charge in [0.1, 0.15) is 11.1 Å². The fourth-order valence-electron chi connectivity index (χ4n) is 3.37. The lowest BCUT2D eigenvalue weighted by Crippen LogP contribution is -2.28. The lowest BCUT2D eigenvalue weighted by Gasteiger charge is -2.22.